The van der Waals surface area contributed by atoms with Gasteiger partial charge in [-0.25, -0.2) is 4.79 Å². The van der Waals surface area contributed by atoms with E-state index in [9.17, 15) is 22.8 Å². The molecule has 0 atom stereocenters. The van der Waals surface area contributed by atoms with Crippen molar-refractivity contribution in [3.63, 3.8) is 0 Å². The Bertz CT molecular complexity index is 844. The van der Waals surface area contributed by atoms with Crippen molar-refractivity contribution in [1.29, 1.82) is 0 Å². The number of aromatic amines is 1. The number of methoxy groups -OCH3 is 1. The summed E-state index contributed by atoms with van der Waals surface area (Å²) in [4.78, 5) is 27.0. The third kappa shape index (κ3) is 5.25. The zero-order valence-corrected chi connectivity index (χ0v) is 15.0. The molecule has 2 N–H and O–H groups in total. The summed E-state index contributed by atoms with van der Waals surface area (Å²) >= 11 is 0. The Morgan fingerprint density at radius 1 is 1.22 bits per heavy atom. The van der Waals surface area contributed by atoms with Crippen molar-refractivity contribution >= 4 is 11.9 Å². The molecule has 1 heterocycles. The van der Waals surface area contributed by atoms with E-state index in [4.69, 9.17) is 4.74 Å². The molecule has 1 aromatic carbocycles. The number of H-pyrrole nitrogens is 1. The Hall–Kier alpha value is -2.97. The normalized spacial score (nSPS) is 11.2. The molecule has 0 aliphatic heterocycles. The van der Waals surface area contributed by atoms with E-state index >= 15 is 0 Å². The number of aryl methyl sites for hydroxylation is 1. The van der Waals surface area contributed by atoms with Gasteiger partial charge in [0, 0.05) is 12.2 Å². The Morgan fingerprint density at radius 3 is 2.56 bits per heavy atom. The highest BCUT2D eigenvalue weighted by atomic mass is 19.4. The molecule has 1 aromatic heterocycles. The molecule has 2 aromatic rings. The molecule has 146 valence electrons. The number of carbonyl (C=O) groups excluding carboxylic acids is 2. The van der Waals surface area contributed by atoms with E-state index in [1.165, 1.54) is 25.3 Å². The second-order valence-electron chi connectivity index (χ2n) is 5.85. The summed E-state index contributed by atoms with van der Waals surface area (Å²) in [6, 6.07) is 6.00. The lowest BCUT2D eigenvalue weighted by Crippen LogP contribution is -2.24. The van der Waals surface area contributed by atoms with Crippen LogP contribution in [0.2, 0.25) is 0 Å². The van der Waals surface area contributed by atoms with E-state index in [0.717, 1.165) is 0 Å². The van der Waals surface area contributed by atoms with Gasteiger partial charge in [0.2, 0.25) is 0 Å². The summed E-state index contributed by atoms with van der Waals surface area (Å²) in [5.41, 5.74) is 2.05. The van der Waals surface area contributed by atoms with Gasteiger partial charge in [0.15, 0.2) is 6.61 Å². The molecule has 27 heavy (non-hydrogen) atoms. The Morgan fingerprint density at radius 2 is 1.93 bits per heavy atom. The highest BCUT2D eigenvalue weighted by Crippen LogP contribution is 2.20. The van der Waals surface area contributed by atoms with Gasteiger partial charge in [-0.3, -0.25) is 4.79 Å². The Kier molecular flexibility index (Phi) is 6.14. The van der Waals surface area contributed by atoms with Crippen LogP contribution in [0.5, 0.6) is 5.75 Å². The van der Waals surface area contributed by atoms with E-state index in [1.54, 1.807) is 19.9 Å². The van der Waals surface area contributed by atoms with Crippen molar-refractivity contribution in [3.8, 4) is 5.75 Å². The molecular formula is C18H19F3N2O4. The van der Waals surface area contributed by atoms with Gasteiger partial charge in [0.05, 0.1) is 12.7 Å². The molecule has 0 aliphatic rings. The zero-order chi connectivity index (χ0) is 20.2. The van der Waals surface area contributed by atoms with Crippen molar-refractivity contribution in [1.82, 2.24) is 10.3 Å². The second-order valence-corrected chi connectivity index (χ2v) is 5.85. The van der Waals surface area contributed by atoms with Gasteiger partial charge in [-0.15, -0.1) is 0 Å². The number of benzene rings is 1. The molecule has 1 amide bonds. The second kappa shape index (κ2) is 8.15. The number of aromatic nitrogens is 1. The van der Waals surface area contributed by atoms with Crippen molar-refractivity contribution in [2.75, 3.05) is 13.7 Å². The summed E-state index contributed by atoms with van der Waals surface area (Å²) in [5, 5.41) is 2.65. The standard InChI is InChI=1S/C18H19F3N2O4/c1-10-14(17(25)26-3)11(2)23-15(10)16(24)22-8-12-5-4-6-13(7-12)27-9-18(19,20)21/h4-7,23H,8-9H2,1-3H3,(H,22,24). The van der Waals surface area contributed by atoms with Crippen LogP contribution in [0.3, 0.4) is 0 Å². The van der Waals surface area contributed by atoms with Crippen LogP contribution < -0.4 is 10.1 Å². The molecule has 0 aliphatic carbocycles. The van der Waals surface area contributed by atoms with E-state index in [-0.39, 0.29) is 18.0 Å². The summed E-state index contributed by atoms with van der Waals surface area (Å²) in [5.74, 6) is -0.943. The van der Waals surface area contributed by atoms with Crippen molar-refractivity contribution < 1.29 is 32.2 Å². The fourth-order valence-corrected chi connectivity index (χ4v) is 2.57. The highest BCUT2D eigenvalue weighted by Gasteiger charge is 2.28. The van der Waals surface area contributed by atoms with Gasteiger partial charge in [0.1, 0.15) is 11.4 Å². The fraction of sp³-hybridized carbons (Fsp3) is 0.333. The maximum absolute atomic E-state index is 12.4. The van der Waals surface area contributed by atoms with Gasteiger partial charge in [-0.2, -0.15) is 13.2 Å². The molecule has 0 unspecified atom stereocenters. The molecule has 0 fully saturated rings. The van der Waals surface area contributed by atoms with E-state index in [2.05, 4.69) is 15.0 Å². The number of carbonyl (C=O) groups is 2. The largest absolute Gasteiger partial charge is 0.484 e. The summed E-state index contributed by atoms with van der Waals surface area (Å²) in [7, 11) is 1.25. The summed E-state index contributed by atoms with van der Waals surface area (Å²) in [6.07, 6.45) is -4.43. The van der Waals surface area contributed by atoms with Crippen LogP contribution in [0.1, 0.15) is 37.7 Å². The number of alkyl halides is 3. The predicted molar refractivity (Wildman–Crippen MR) is 90.8 cm³/mol. The van der Waals surface area contributed by atoms with Gasteiger partial charge < -0.3 is 19.8 Å². The van der Waals surface area contributed by atoms with E-state index in [0.29, 0.717) is 22.4 Å². The molecule has 9 heteroatoms. The number of hydrogen-bond acceptors (Lipinski definition) is 4. The number of halogens is 3. The molecular weight excluding hydrogens is 365 g/mol. The minimum atomic E-state index is -4.43. The first-order valence-corrected chi connectivity index (χ1v) is 7.96. The lowest BCUT2D eigenvalue weighted by atomic mass is 10.1. The van der Waals surface area contributed by atoms with Crippen LogP contribution in [0.4, 0.5) is 13.2 Å². The molecule has 0 spiro atoms. The van der Waals surface area contributed by atoms with E-state index in [1.807, 2.05) is 0 Å². The molecule has 6 nitrogen and oxygen atoms in total. The number of esters is 1. The first-order chi connectivity index (χ1) is 12.6. The minimum absolute atomic E-state index is 0.0546. The van der Waals surface area contributed by atoms with Crippen molar-refractivity contribution in [2.45, 2.75) is 26.6 Å². The van der Waals surface area contributed by atoms with Crippen LogP contribution >= 0.6 is 0 Å². The fourth-order valence-electron chi connectivity index (χ4n) is 2.57. The van der Waals surface area contributed by atoms with Crippen LogP contribution in [-0.2, 0) is 11.3 Å². The van der Waals surface area contributed by atoms with Crippen LogP contribution in [0, 0.1) is 13.8 Å². The maximum atomic E-state index is 12.4. The lowest BCUT2D eigenvalue weighted by molar-refractivity contribution is -0.153. The van der Waals surface area contributed by atoms with Crippen LogP contribution in [0.25, 0.3) is 0 Å². The topological polar surface area (TPSA) is 80.4 Å². The highest BCUT2D eigenvalue weighted by molar-refractivity contribution is 6.00. The van der Waals surface area contributed by atoms with Crippen molar-refractivity contribution in [2.24, 2.45) is 0 Å². The van der Waals surface area contributed by atoms with Gasteiger partial charge in [-0.1, -0.05) is 12.1 Å². The smallest absolute Gasteiger partial charge is 0.422 e. The monoisotopic (exact) mass is 384 g/mol. The third-order valence-corrected chi connectivity index (χ3v) is 3.81. The Labute approximate surface area is 153 Å². The summed E-state index contributed by atoms with van der Waals surface area (Å²) < 4.78 is 46.0. The average Bonchev–Trinajstić information content (AvgIpc) is 2.91. The number of amides is 1. The first-order valence-electron chi connectivity index (χ1n) is 7.96. The first kappa shape index (κ1) is 20.3. The average molecular weight is 384 g/mol. The molecule has 0 saturated heterocycles. The SMILES string of the molecule is COC(=O)c1c(C)[nH]c(C(=O)NCc2cccc(OCC(F)(F)F)c2)c1C. The zero-order valence-electron chi connectivity index (χ0n) is 15.0. The van der Waals surface area contributed by atoms with Crippen LogP contribution in [-0.4, -0.2) is 36.8 Å². The van der Waals surface area contributed by atoms with Crippen molar-refractivity contribution in [3.05, 3.63) is 52.3 Å². The van der Waals surface area contributed by atoms with Gasteiger partial charge in [0.25, 0.3) is 5.91 Å². The van der Waals surface area contributed by atoms with E-state index < -0.39 is 24.7 Å². The molecule has 2 rings (SSSR count). The molecule has 0 bridgehead atoms. The number of rotatable bonds is 6. The number of nitrogens with one attached hydrogen (secondary N) is 2. The summed E-state index contributed by atoms with van der Waals surface area (Å²) in [6.45, 7) is 1.96. The lowest BCUT2D eigenvalue weighted by Gasteiger charge is -2.11. The van der Waals surface area contributed by atoms with Crippen LogP contribution in [0.15, 0.2) is 24.3 Å². The molecule has 0 saturated carbocycles. The Balaban J connectivity index is 2.05. The molecule has 0 radical (unpaired) electrons. The minimum Gasteiger partial charge on any atom is -0.484 e. The van der Waals surface area contributed by atoms with Gasteiger partial charge in [-0.05, 0) is 37.1 Å². The quantitative estimate of drug-likeness (QED) is 0.749. The third-order valence-electron chi connectivity index (χ3n) is 3.81. The maximum Gasteiger partial charge on any atom is 0.422 e. The predicted octanol–water partition coefficient (Wildman–Crippen LogP) is 3.29. The number of hydrogen-bond donors (Lipinski definition) is 2. The number of ether oxygens (including phenoxy) is 2. The van der Waals surface area contributed by atoms with Gasteiger partial charge >= 0.3 is 12.1 Å².